The first-order valence-electron chi connectivity index (χ1n) is 2.92. The Labute approximate surface area is 61.4 Å². The van der Waals surface area contributed by atoms with Crippen molar-refractivity contribution in [1.29, 1.82) is 0 Å². The van der Waals surface area contributed by atoms with E-state index in [0.717, 1.165) is 0 Å². The minimum absolute atomic E-state index is 0.285. The van der Waals surface area contributed by atoms with Crippen LogP contribution in [0, 0.1) is 0 Å². The minimum Gasteiger partial charge on any atom is -0.303 e. The maximum Gasteiger partial charge on any atom is 0.469 e. The van der Waals surface area contributed by atoms with Gasteiger partial charge in [-0.05, 0) is 0 Å². The summed E-state index contributed by atoms with van der Waals surface area (Å²) >= 11 is 0. The fourth-order valence-corrected chi connectivity index (χ4v) is 1.35. The molecule has 1 fully saturated rings. The molecule has 0 heterocycles. The van der Waals surface area contributed by atoms with Crippen LogP contribution in [0.1, 0.15) is 6.42 Å². The number of phosphoric acid groups is 1. The van der Waals surface area contributed by atoms with Crippen molar-refractivity contribution in [3.05, 3.63) is 0 Å². The molecule has 3 unspecified atom stereocenters. The van der Waals surface area contributed by atoms with Crippen LogP contribution in [0.3, 0.4) is 0 Å². The molecule has 66 valence electrons. The highest BCUT2D eigenvalue weighted by Crippen LogP contribution is 2.44. The number of alkyl halides is 2. The van der Waals surface area contributed by atoms with Crippen molar-refractivity contribution in [3.63, 3.8) is 0 Å². The lowest BCUT2D eigenvalue weighted by atomic mass is 9.91. The normalized spacial score (nSPS) is 38.4. The Hall–Kier alpha value is -0.0300. The van der Waals surface area contributed by atoms with E-state index in [1.165, 1.54) is 0 Å². The van der Waals surface area contributed by atoms with Crippen molar-refractivity contribution >= 4 is 7.82 Å². The van der Waals surface area contributed by atoms with Gasteiger partial charge in [-0.15, -0.1) is 0 Å². The fourth-order valence-electron chi connectivity index (χ4n) is 0.797. The smallest absolute Gasteiger partial charge is 0.303 e. The number of rotatable bonds is 2. The van der Waals surface area contributed by atoms with Gasteiger partial charge >= 0.3 is 7.82 Å². The standard InChI is InChI=1S/C4H7F2O4P/c5-2-1-3(4(2)6)10-11(7,8)9/h2-4H,1H2,(H2,7,8,9). The molecule has 0 aromatic rings. The molecule has 0 saturated heterocycles. The average Bonchev–Trinajstić information content (AvgIpc) is 1.84. The summed E-state index contributed by atoms with van der Waals surface area (Å²) in [5, 5.41) is 0. The molecule has 2 N–H and O–H groups in total. The summed E-state index contributed by atoms with van der Waals surface area (Å²) in [6.07, 6.45) is -5.12. The number of phosphoric ester groups is 1. The van der Waals surface area contributed by atoms with Gasteiger partial charge in [0, 0.05) is 6.42 Å². The largest absolute Gasteiger partial charge is 0.469 e. The van der Waals surface area contributed by atoms with Crippen LogP contribution >= 0.6 is 7.82 Å². The Kier molecular flexibility index (Phi) is 2.29. The topological polar surface area (TPSA) is 66.8 Å². The summed E-state index contributed by atoms with van der Waals surface area (Å²) in [6, 6.07) is 0. The zero-order valence-electron chi connectivity index (χ0n) is 5.35. The van der Waals surface area contributed by atoms with Crippen LogP contribution in [-0.4, -0.2) is 28.2 Å². The molecule has 1 aliphatic carbocycles. The first-order chi connectivity index (χ1) is 4.90. The molecule has 1 rings (SSSR count). The van der Waals surface area contributed by atoms with Gasteiger partial charge in [0.1, 0.15) is 12.3 Å². The molecule has 0 spiro atoms. The number of halogens is 2. The Bertz CT molecular complexity index is 193. The molecule has 4 nitrogen and oxygen atoms in total. The maximum absolute atomic E-state index is 12.3. The van der Waals surface area contributed by atoms with Crippen molar-refractivity contribution in [2.45, 2.75) is 24.9 Å². The average molecular weight is 188 g/mol. The second-order valence-corrected chi connectivity index (χ2v) is 3.52. The van der Waals surface area contributed by atoms with Crippen LogP contribution in [0.25, 0.3) is 0 Å². The molecule has 0 amide bonds. The van der Waals surface area contributed by atoms with Crippen LogP contribution in [0.2, 0.25) is 0 Å². The van der Waals surface area contributed by atoms with Gasteiger partial charge in [0.2, 0.25) is 0 Å². The molecule has 7 heteroatoms. The second kappa shape index (κ2) is 2.79. The van der Waals surface area contributed by atoms with Crippen LogP contribution in [0.5, 0.6) is 0 Å². The summed E-state index contributed by atoms with van der Waals surface area (Å²) in [5.41, 5.74) is 0. The quantitative estimate of drug-likeness (QED) is 0.620. The van der Waals surface area contributed by atoms with Gasteiger partial charge in [0.25, 0.3) is 0 Å². The monoisotopic (exact) mass is 188 g/mol. The van der Waals surface area contributed by atoms with Crippen LogP contribution in [0.15, 0.2) is 0 Å². The zero-order valence-corrected chi connectivity index (χ0v) is 6.25. The van der Waals surface area contributed by atoms with Crippen molar-refractivity contribution in [2.24, 2.45) is 0 Å². The third-order valence-electron chi connectivity index (χ3n) is 1.43. The van der Waals surface area contributed by atoms with Gasteiger partial charge in [0.15, 0.2) is 6.17 Å². The summed E-state index contributed by atoms with van der Waals surface area (Å²) in [7, 11) is -4.66. The fraction of sp³-hybridized carbons (Fsp3) is 1.00. The first kappa shape index (κ1) is 9.06. The van der Waals surface area contributed by atoms with Gasteiger partial charge in [0.05, 0.1) is 0 Å². The Morgan fingerprint density at radius 2 is 2.00 bits per heavy atom. The zero-order chi connectivity index (χ0) is 8.65. The SMILES string of the molecule is O=P(O)(O)OC1CC(F)C1F. The van der Waals surface area contributed by atoms with Crippen molar-refractivity contribution in [2.75, 3.05) is 0 Å². The van der Waals surface area contributed by atoms with E-state index in [4.69, 9.17) is 9.79 Å². The van der Waals surface area contributed by atoms with E-state index in [1.807, 2.05) is 0 Å². The number of hydrogen-bond acceptors (Lipinski definition) is 2. The van der Waals surface area contributed by atoms with Gasteiger partial charge in [-0.2, -0.15) is 0 Å². The second-order valence-electron chi connectivity index (χ2n) is 2.33. The number of hydrogen-bond donors (Lipinski definition) is 2. The Morgan fingerprint density at radius 1 is 1.45 bits per heavy atom. The van der Waals surface area contributed by atoms with Crippen LogP contribution in [-0.2, 0) is 9.09 Å². The Morgan fingerprint density at radius 3 is 2.27 bits per heavy atom. The third kappa shape index (κ3) is 2.20. The summed E-state index contributed by atoms with van der Waals surface area (Å²) < 4.78 is 38.3. The van der Waals surface area contributed by atoms with E-state index < -0.39 is 26.3 Å². The molecule has 0 radical (unpaired) electrons. The van der Waals surface area contributed by atoms with Crippen molar-refractivity contribution < 1.29 is 27.7 Å². The summed E-state index contributed by atoms with van der Waals surface area (Å²) in [5.74, 6) is 0. The van der Waals surface area contributed by atoms with Gasteiger partial charge in [-0.25, -0.2) is 13.3 Å². The predicted octanol–water partition coefficient (Wildman–Crippen LogP) is 0.544. The predicted molar refractivity (Wildman–Crippen MR) is 31.3 cm³/mol. The highest BCUT2D eigenvalue weighted by atomic mass is 31.2. The molecular formula is C4H7F2O4P. The van der Waals surface area contributed by atoms with E-state index in [9.17, 15) is 13.3 Å². The first-order valence-corrected chi connectivity index (χ1v) is 4.45. The molecule has 0 bridgehead atoms. The van der Waals surface area contributed by atoms with Gasteiger partial charge in [-0.1, -0.05) is 0 Å². The summed E-state index contributed by atoms with van der Waals surface area (Å²) in [4.78, 5) is 16.3. The molecule has 1 saturated carbocycles. The summed E-state index contributed by atoms with van der Waals surface area (Å²) in [6.45, 7) is 0. The Balaban J connectivity index is 2.37. The molecule has 0 aliphatic heterocycles. The van der Waals surface area contributed by atoms with E-state index in [2.05, 4.69) is 4.52 Å². The molecular weight excluding hydrogens is 181 g/mol. The van der Waals surface area contributed by atoms with Crippen molar-refractivity contribution in [3.8, 4) is 0 Å². The van der Waals surface area contributed by atoms with E-state index in [0.29, 0.717) is 0 Å². The van der Waals surface area contributed by atoms with E-state index in [1.54, 1.807) is 0 Å². The molecule has 0 aromatic heterocycles. The minimum atomic E-state index is -4.66. The highest BCUT2D eigenvalue weighted by molar-refractivity contribution is 7.46. The van der Waals surface area contributed by atoms with Crippen LogP contribution < -0.4 is 0 Å². The lowest BCUT2D eigenvalue weighted by molar-refractivity contribution is -0.0635. The van der Waals surface area contributed by atoms with E-state index in [-0.39, 0.29) is 6.42 Å². The lowest BCUT2D eigenvalue weighted by Gasteiger charge is -2.33. The maximum atomic E-state index is 12.3. The lowest BCUT2D eigenvalue weighted by Crippen LogP contribution is -2.46. The van der Waals surface area contributed by atoms with Gasteiger partial charge in [-0.3, -0.25) is 4.52 Å². The molecule has 0 aromatic carbocycles. The molecule has 11 heavy (non-hydrogen) atoms. The molecule has 3 atom stereocenters. The van der Waals surface area contributed by atoms with Gasteiger partial charge < -0.3 is 9.79 Å². The van der Waals surface area contributed by atoms with Crippen molar-refractivity contribution in [1.82, 2.24) is 0 Å². The third-order valence-corrected chi connectivity index (χ3v) is 1.98. The molecule has 1 aliphatic rings. The van der Waals surface area contributed by atoms with Crippen LogP contribution in [0.4, 0.5) is 8.78 Å². The van der Waals surface area contributed by atoms with E-state index >= 15 is 0 Å². The highest BCUT2D eigenvalue weighted by Gasteiger charge is 2.46.